The van der Waals surface area contributed by atoms with Gasteiger partial charge in [-0.05, 0) is 7.05 Å². The van der Waals surface area contributed by atoms with E-state index in [4.69, 9.17) is 0 Å². The SMILES string of the molecule is CC(=O)n1cc2c(n1)CCN(C)C2. The van der Waals surface area contributed by atoms with E-state index >= 15 is 0 Å². The zero-order chi connectivity index (χ0) is 9.42. The quantitative estimate of drug-likeness (QED) is 0.583. The first-order chi connectivity index (χ1) is 6.16. The molecule has 0 radical (unpaired) electrons. The molecule has 1 aromatic heterocycles. The highest BCUT2D eigenvalue weighted by molar-refractivity contribution is 5.75. The summed E-state index contributed by atoms with van der Waals surface area (Å²) in [6.07, 6.45) is 2.79. The van der Waals surface area contributed by atoms with Gasteiger partial charge < -0.3 is 4.90 Å². The Balaban J connectivity index is 2.33. The fourth-order valence-corrected chi connectivity index (χ4v) is 1.62. The van der Waals surface area contributed by atoms with Crippen LogP contribution in [-0.4, -0.2) is 34.2 Å². The van der Waals surface area contributed by atoms with Gasteiger partial charge in [0.1, 0.15) is 0 Å². The first-order valence-electron chi connectivity index (χ1n) is 4.43. The van der Waals surface area contributed by atoms with Crippen LogP contribution in [0.1, 0.15) is 23.0 Å². The van der Waals surface area contributed by atoms with Crippen LogP contribution in [0.15, 0.2) is 6.20 Å². The molecule has 70 valence electrons. The van der Waals surface area contributed by atoms with Crippen molar-refractivity contribution >= 4 is 5.91 Å². The van der Waals surface area contributed by atoms with E-state index in [0.717, 1.165) is 25.2 Å². The van der Waals surface area contributed by atoms with Crippen molar-refractivity contribution in [1.29, 1.82) is 0 Å². The molecule has 13 heavy (non-hydrogen) atoms. The Morgan fingerprint density at radius 2 is 2.38 bits per heavy atom. The molecule has 0 fully saturated rings. The molecular weight excluding hydrogens is 166 g/mol. The summed E-state index contributed by atoms with van der Waals surface area (Å²) in [6.45, 7) is 3.46. The molecule has 1 aliphatic heterocycles. The maximum atomic E-state index is 11.0. The van der Waals surface area contributed by atoms with Crippen molar-refractivity contribution in [2.45, 2.75) is 19.9 Å². The second kappa shape index (κ2) is 2.96. The lowest BCUT2D eigenvalue weighted by Gasteiger charge is -2.20. The van der Waals surface area contributed by atoms with Gasteiger partial charge in [0.25, 0.3) is 0 Å². The average molecular weight is 179 g/mol. The zero-order valence-corrected chi connectivity index (χ0v) is 7.95. The molecule has 4 heteroatoms. The molecule has 0 aliphatic carbocycles. The van der Waals surface area contributed by atoms with Crippen LogP contribution < -0.4 is 0 Å². The molecule has 0 N–H and O–H groups in total. The molecular formula is C9H13N3O. The van der Waals surface area contributed by atoms with Crippen molar-refractivity contribution in [1.82, 2.24) is 14.7 Å². The summed E-state index contributed by atoms with van der Waals surface area (Å²) in [7, 11) is 2.08. The molecule has 0 saturated carbocycles. The van der Waals surface area contributed by atoms with Crippen LogP contribution in [-0.2, 0) is 13.0 Å². The van der Waals surface area contributed by atoms with E-state index in [-0.39, 0.29) is 5.91 Å². The number of rotatable bonds is 0. The lowest BCUT2D eigenvalue weighted by Crippen LogP contribution is -2.25. The van der Waals surface area contributed by atoms with Crippen LogP contribution in [0.3, 0.4) is 0 Å². The summed E-state index contributed by atoms with van der Waals surface area (Å²) >= 11 is 0. The molecule has 0 amide bonds. The molecule has 2 rings (SSSR count). The standard InChI is InChI=1S/C9H13N3O/c1-7(13)12-6-8-5-11(2)4-3-9(8)10-12/h6H,3-5H2,1-2H3. The summed E-state index contributed by atoms with van der Waals surface area (Å²) in [6, 6.07) is 0. The molecule has 0 atom stereocenters. The number of carbonyl (C=O) groups is 1. The minimum Gasteiger partial charge on any atom is -0.302 e. The van der Waals surface area contributed by atoms with Crippen molar-refractivity contribution in [2.75, 3.05) is 13.6 Å². The smallest absolute Gasteiger partial charge is 0.243 e. The highest BCUT2D eigenvalue weighted by Crippen LogP contribution is 2.15. The van der Waals surface area contributed by atoms with Gasteiger partial charge in [0, 0.05) is 38.2 Å². The van der Waals surface area contributed by atoms with Gasteiger partial charge in [0.2, 0.25) is 5.91 Å². The molecule has 0 aromatic carbocycles. The lowest BCUT2D eigenvalue weighted by atomic mass is 10.1. The van der Waals surface area contributed by atoms with Gasteiger partial charge in [0.15, 0.2) is 0 Å². The van der Waals surface area contributed by atoms with Crippen LogP contribution >= 0.6 is 0 Å². The van der Waals surface area contributed by atoms with Gasteiger partial charge in [-0.2, -0.15) is 5.10 Å². The maximum absolute atomic E-state index is 11.0. The molecule has 4 nitrogen and oxygen atoms in total. The minimum atomic E-state index is -0.0166. The van der Waals surface area contributed by atoms with Crippen molar-refractivity contribution in [3.8, 4) is 0 Å². The minimum absolute atomic E-state index is 0.0166. The summed E-state index contributed by atoms with van der Waals surface area (Å²) in [5.41, 5.74) is 2.26. The van der Waals surface area contributed by atoms with Gasteiger partial charge in [-0.3, -0.25) is 4.79 Å². The van der Waals surface area contributed by atoms with E-state index in [2.05, 4.69) is 17.0 Å². The maximum Gasteiger partial charge on any atom is 0.243 e. The van der Waals surface area contributed by atoms with E-state index < -0.39 is 0 Å². The van der Waals surface area contributed by atoms with Crippen LogP contribution in [0, 0.1) is 0 Å². The fourth-order valence-electron chi connectivity index (χ4n) is 1.62. The number of nitrogens with zero attached hydrogens (tertiary/aromatic N) is 3. The number of fused-ring (bicyclic) bond motifs is 1. The number of carbonyl (C=O) groups excluding carboxylic acids is 1. The van der Waals surface area contributed by atoms with E-state index in [0.29, 0.717) is 0 Å². The lowest BCUT2D eigenvalue weighted by molar-refractivity contribution is 0.0920. The largest absolute Gasteiger partial charge is 0.302 e. The van der Waals surface area contributed by atoms with Crippen molar-refractivity contribution < 1.29 is 4.79 Å². The number of hydrogen-bond acceptors (Lipinski definition) is 3. The Labute approximate surface area is 77.1 Å². The summed E-state index contributed by atoms with van der Waals surface area (Å²) in [5, 5.41) is 4.23. The van der Waals surface area contributed by atoms with Crippen molar-refractivity contribution in [2.24, 2.45) is 0 Å². The second-order valence-corrected chi connectivity index (χ2v) is 3.55. The number of hydrogen-bond donors (Lipinski definition) is 0. The number of aromatic nitrogens is 2. The topological polar surface area (TPSA) is 38.1 Å². The van der Waals surface area contributed by atoms with Crippen molar-refractivity contribution in [3.63, 3.8) is 0 Å². The first kappa shape index (κ1) is 8.44. The van der Waals surface area contributed by atoms with E-state index in [1.807, 2.05) is 6.20 Å². The molecule has 2 heterocycles. The highest BCUT2D eigenvalue weighted by atomic mass is 16.2. The monoisotopic (exact) mass is 179 g/mol. The zero-order valence-electron chi connectivity index (χ0n) is 7.95. The molecule has 0 bridgehead atoms. The number of likely N-dealkylation sites (N-methyl/N-ethyl adjacent to an activating group) is 1. The van der Waals surface area contributed by atoms with Gasteiger partial charge in [-0.15, -0.1) is 0 Å². The van der Waals surface area contributed by atoms with Crippen LogP contribution in [0.5, 0.6) is 0 Å². The Morgan fingerprint density at radius 3 is 3.08 bits per heavy atom. The van der Waals surface area contributed by atoms with E-state index in [1.54, 1.807) is 0 Å². The van der Waals surface area contributed by atoms with Crippen LogP contribution in [0.2, 0.25) is 0 Å². The normalized spacial score (nSPS) is 17.1. The van der Waals surface area contributed by atoms with Gasteiger partial charge in [-0.25, -0.2) is 4.68 Å². The Hall–Kier alpha value is -1.16. The Bertz CT molecular complexity index is 343. The molecule has 0 unspecified atom stereocenters. The second-order valence-electron chi connectivity index (χ2n) is 3.55. The summed E-state index contributed by atoms with van der Waals surface area (Å²) < 4.78 is 1.43. The van der Waals surface area contributed by atoms with Gasteiger partial charge in [0.05, 0.1) is 5.69 Å². The predicted octanol–water partition coefficient (Wildman–Crippen LogP) is 0.531. The Kier molecular flexibility index (Phi) is 1.92. The predicted molar refractivity (Wildman–Crippen MR) is 48.6 cm³/mol. The van der Waals surface area contributed by atoms with Crippen LogP contribution in [0.4, 0.5) is 0 Å². The van der Waals surface area contributed by atoms with Gasteiger partial charge >= 0.3 is 0 Å². The third-order valence-corrected chi connectivity index (χ3v) is 2.37. The first-order valence-corrected chi connectivity index (χ1v) is 4.43. The third-order valence-electron chi connectivity index (χ3n) is 2.37. The summed E-state index contributed by atoms with van der Waals surface area (Å²) in [4.78, 5) is 13.3. The van der Waals surface area contributed by atoms with Crippen LogP contribution in [0.25, 0.3) is 0 Å². The third kappa shape index (κ3) is 1.49. The molecule has 1 aliphatic rings. The van der Waals surface area contributed by atoms with E-state index in [1.165, 1.54) is 17.2 Å². The van der Waals surface area contributed by atoms with Gasteiger partial charge in [-0.1, -0.05) is 0 Å². The fraction of sp³-hybridized carbons (Fsp3) is 0.556. The Morgan fingerprint density at radius 1 is 1.62 bits per heavy atom. The molecule has 0 saturated heterocycles. The average Bonchev–Trinajstić information content (AvgIpc) is 2.46. The van der Waals surface area contributed by atoms with Crippen molar-refractivity contribution in [3.05, 3.63) is 17.5 Å². The molecule has 1 aromatic rings. The molecule has 0 spiro atoms. The van der Waals surface area contributed by atoms with E-state index in [9.17, 15) is 4.79 Å². The summed E-state index contributed by atoms with van der Waals surface area (Å²) in [5.74, 6) is -0.0166. The highest BCUT2D eigenvalue weighted by Gasteiger charge is 2.17.